The van der Waals surface area contributed by atoms with E-state index in [0.717, 1.165) is 0 Å². The lowest BCUT2D eigenvalue weighted by Crippen LogP contribution is -2.17. The van der Waals surface area contributed by atoms with Gasteiger partial charge < -0.3 is 4.74 Å². The molecule has 0 aromatic heterocycles. The highest BCUT2D eigenvalue weighted by atomic mass is 16.6. The zero-order chi connectivity index (χ0) is 17.4. The topological polar surface area (TPSA) is 93.8 Å². The van der Waals surface area contributed by atoms with Crippen molar-refractivity contribution in [3.8, 4) is 5.75 Å². The molecule has 0 fully saturated rings. The van der Waals surface area contributed by atoms with Crippen molar-refractivity contribution in [2.75, 3.05) is 6.61 Å². The van der Waals surface area contributed by atoms with E-state index in [4.69, 9.17) is 4.74 Å². The second-order valence-corrected chi connectivity index (χ2v) is 4.64. The van der Waals surface area contributed by atoms with Gasteiger partial charge in [-0.3, -0.25) is 14.9 Å². The van der Waals surface area contributed by atoms with Crippen LogP contribution in [0.5, 0.6) is 5.75 Å². The van der Waals surface area contributed by atoms with E-state index >= 15 is 0 Å². The van der Waals surface area contributed by atoms with Crippen LogP contribution in [0.15, 0.2) is 66.3 Å². The Morgan fingerprint density at radius 3 is 2.83 bits per heavy atom. The van der Waals surface area contributed by atoms with E-state index in [1.807, 2.05) is 12.1 Å². The first-order valence-corrected chi connectivity index (χ1v) is 7.02. The smallest absolute Gasteiger partial charge is 0.271 e. The number of amides is 1. The molecule has 2 aromatic rings. The van der Waals surface area contributed by atoms with Crippen molar-refractivity contribution in [1.82, 2.24) is 5.43 Å². The van der Waals surface area contributed by atoms with Crippen LogP contribution < -0.4 is 10.2 Å². The van der Waals surface area contributed by atoms with Crippen molar-refractivity contribution in [3.05, 3.63) is 82.4 Å². The number of hydrazone groups is 1. The highest BCUT2D eigenvalue weighted by Crippen LogP contribution is 2.16. The standard InChI is InChI=1S/C17H15N3O4/c1-2-10-24-16-9-4-3-6-14(16)12-18-19-17(21)13-7-5-8-15(11-13)20(22)23/h2-9,11-12H,1,10H2,(H,19,21). The van der Waals surface area contributed by atoms with Gasteiger partial charge in [-0.25, -0.2) is 5.43 Å². The number of nitro groups is 1. The minimum Gasteiger partial charge on any atom is -0.489 e. The van der Waals surface area contributed by atoms with Crippen LogP contribution in [0.25, 0.3) is 0 Å². The average Bonchev–Trinajstić information content (AvgIpc) is 2.60. The summed E-state index contributed by atoms with van der Waals surface area (Å²) in [6.45, 7) is 3.93. The lowest BCUT2D eigenvalue weighted by atomic mass is 10.2. The van der Waals surface area contributed by atoms with Gasteiger partial charge in [0.15, 0.2) is 0 Å². The normalized spacial score (nSPS) is 10.3. The van der Waals surface area contributed by atoms with Gasteiger partial charge in [-0.15, -0.1) is 0 Å². The molecule has 1 N–H and O–H groups in total. The average molecular weight is 325 g/mol. The number of ether oxygens (including phenoxy) is 1. The lowest BCUT2D eigenvalue weighted by molar-refractivity contribution is -0.384. The Hall–Kier alpha value is -3.48. The number of rotatable bonds is 7. The molecule has 0 aliphatic rings. The Balaban J connectivity index is 2.06. The monoisotopic (exact) mass is 325 g/mol. The largest absolute Gasteiger partial charge is 0.489 e. The fraction of sp³-hybridized carbons (Fsp3) is 0.0588. The fourth-order valence-electron chi connectivity index (χ4n) is 1.85. The molecule has 7 nitrogen and oxygen atoms in total. The molecular weight excluding hydrogens is 310 g/mol. The van der Waals surface area contributed by atoms with Crippen LogP contribution >= 0.6 is 0 Å². The summed E-state index contributed by atoms with van der Waals surface area (Å²) in [5.74, 6) is 0.0604. The number of carbonyl (C=O) groups is 1. The highest BCUT2D eigenvalue weighted by molar-refractivity contribution is 5.95. The van der Waals surface area contributed by atoms with E-state index in [1.165, 1.54) is 30.5 Å². The van der Waals surface area contributed by atoms with E-state index in [9.17, 15) is 14.9 Å². The van der Waals surface area contributed by atoms with Crippen LogP contribution in [0.2, 0.25) is 0 Å². The summed E-state index contributed by atoms with van der Waals surface area (Å²) in [5, 5.41) is 14.6. The molecule has 0 atom stereocenters. The second kappa shape index (κ2) is 8.23. The third-order valence-electron chi connectivity index (χ3n) is 2.96. The number of carbonyl (C=O) groups excluding carboxylic acids is 1. The first-order chi connectivity index (χ1) is 11.6. The Bertz CT molecular complexity index is 787. The zero-order valence-corrected chi connectivity index (χ0v) is 12.7. The number of benzene rings is 2. The Morgan fingerprint density at radius 1 is 1.29 bits per heavy atom. The lowest BCUT2D eigenvalue weighted by Gasteiger charge is -2.06. The van der Waals surface area contributed by atoms with E-state index in [1.54, 1.807) is 18.2 Å². The molecule has 0 radical (unpaired) electrons. The summed E-state index contributed by atoms with van der Waals surface area (Å²) in [5.41, 5.74) is 3.00. The molecule has 7 heteroatoms. The Kier molecular flexibility index (Phi) is 5.79. The fourth-order valence-corrected chi connectivity index (χ4v) is 1.85. The van der Waals surface area contributed by atoms with Crippen LogP contribution in [0.4, 0.5) is 5.69 Å². The first kappa shape index (κ1) is 16.9. The maximum atomic E-state index is 12.0. The van der Waals surface area contributed by atoms with Crippen molar-refractivity contribution in [2.24, 2.45) is 5.10 Å². The van der Waals surface area contributed by atoms with E-state index < -0.39 is 10.8 Å². The van der Waals surface area contributed by atoms with Gasteiger partial charge in [-0.1, -0.05) is 30.9 Å². The van der Waals surface area contributed by atoms with Crippen molar-refractivity contribution >= 4 is 17.8 Å². The molecule has 0 unspecified atom stereocenters. The van der Waals surface area contributed by atoms with E-state index in [0.29, 0.717) is 17.9 Å². The molecule has 122 valence electrons. The van der Waals surface area contributed by atoms with Crippen molar-refractivity contribution < 1.29 is 14.5 Å². The summed E-state index contributed by atoms with van der Waals surface area (Å²) in [6.07, 6.45) is 3.06. The maximum Gasteiger partial charge on any atom is 0.271 e. The summed E-state index contributed by atoms with van der Waals surface area (Å²) in [7, 11) is 0. The predicted octanol–water partition coefficient (Wildman–Crippen LogP) is 2.92. The number of nitro benzene ring substituents is 1. The SMILES string of the molecule is C=CCOc1ccccc1C=NNC(=O)c1cccc([N+](=O)[O-])c1. The quantitative estimate of drug-likeness (QED) is 0.366. The Labute approximate surface area is 138 Å². The molecule has 0 spiro atoms. The highest BCUT2D eigenvalue weighted by Gasteiger charge is 2.10. The molecular formula is C17H15N3O4. The van der Waals surface area contributed by atoms with Gasteiger partial charge in [0.2, 0.25) is 0 Å². The third-order valence-corrected chi connectivity index (χ3v) is 2.96. The van der Waals surface area contributed by atoms with Crippen molar-refractivity contribution in [2.45, 2.75) is 0 Å². The number of para-hydroxylation sites is 1. The number of nitrogens with one attached hydrogen (secondary N) is 1. The first-order valence-electron chi connectivity index (χ1n) is 7.02. The Morgan fingerprint density at radius 2 is 2.08 bits per heavy atom. The number of nitrogens with zero attached hydrogens (tertiary/aromatic N) is 2. The van der Waals surface area contributed by atoms with E-state index in [-0.39, 0.29) is 11.3 Å². The molecule has 24 heavy (non-hydrogen) atoms. The molecule has 2 rings (SSSR count). The summed E-state index contributed by atoms with van der Waals surface area (Å²) in [6, 6.07) is 12.6. The molecule has 0 saturated heterocycles. The van der Waals surface area contributed by atoms with Gasteiger partial charge in [0.1, 0.15) is 12.4 Å². The molecule has 0 aliphatic carbocycles. The zero-order valence-electron chi connectivity index (χ0n) is 12.7. The molecule has 2 aromatic carbocycles. The third kappa shape index (κ3) is 4.51. The number of non-ortho nitro benzene ring substituents is 1. The van der Waals surface area contributed by atoms with Gasteiger partial charge in [0.25, 0.3) is 11.6 Å². The molecule has 0 heterocycles. The van der Waals surface area contributed by atoms with Gasteiger partial charge in [-0.05, 0) is 18.2 Å². The minimum absolute atomic E-state index is 0.151. The summed E-state index contributed by atoms with van der Waals surface area (Å²) < 4.78 is 5.47. The summed E-state index contributed by atoms with van der Waals surface area (Å²) >= 11 is 0. The van der Waals surface area contributed by atoms with Crippen LogP contribution in [-0.4, -0.2) is 23.7 Å². The maximum absolute atomic E-state index is 12.0. The molecule has 0 bridgehead atoms. The summed E-state index contributed by atoms with van der Waals surface area (Å²) in [4.78, 5) is 22.1. The van der Waals surface area contributed by atoms with Crippen LogP contribution in [0.1, 0.15) is 15.9 Å². The van der Waals surface area contributed by atoms with Gasteiger partial charge >= 0.3 is 0 Å². The minimum atomic E-state index is -0.562. The second-order valence-electron chi connectivity index (χ2n) is 4.64. The van der Waals surface area contributed by atoms with E-state index in [2.05, 4.69) is 17.1 Å². The van der Waals surface area contributed by atoms with Crippen molar-refractivity contribution in [1.29, 1.82) is 0 Å². The van der Waals surface area contributed by atoms with Crippen LogP contribution in [0, 0.1) is 10.1 Å². The molecule has 0 saturated carbocycles. The van der Waals surface area contributed by atoms with Gasteiger partial charge in [-0.2, -0.15) is 5.10 Å². The molecule has 1 amide bonds. The van der Waals surface area contributed by atoms with Crippen LogP contribution in [-0.2, 0) is 0 Å². The predicted molar refractivity (Wildman–Crippen MR) is 90.3 cm³/mol. The van der Waals surface area contributed by atoms with Gasteiger partial charge in [0.05, 0.1) is 11.1 Å². The van der Waals surface area contributed by atoms with Gasteiger partial charge in [0, 0.05) is 23.3 Å². The molecule has 0 aliphatic heterocycles. The van der Waals surface area contributed by atoms with Crippen molar-refractivity contribution in [3.63, 3.8) is 0 Å². The number of hydrogen-bond donors (Lipinski definition) is 1. The van der Waals surface area contributed by atoms with Crippen LogP contribution in [0.3, 0.4) is 0 Å². The number of hydrogen-bond acceptors (Lipinski definition) is 5.